The van der Waals surface area contributed by atoms with Gasteiger partial charge in [0.2, 0.25) is 0 Å². The standard InChI is InChI=1S/C15H30N2O/c1-3-5-14-10-15(12-16,7-9-18-14)17-8-4-6-13(2)11-17/h13-14H,3-12,16H2,1-2H3. The molecule has 106 valence electrons. The summed E-state index contributed by atoms with van der Waals surface area (Å²) in [5.41, 5.74) is 6.40. The molecule has 2 aliphatic heterocycles. The van der Waals surface area contributed by atoms with Crippen LogP contribution in [0.1, 0.15) is 52.4 Å². The molecule has 3 atom stereocenters. The summed E-state index contributed by atoms with van der Waals surface area (Å²) < 4.78 is 5.91. The summed E-state index contributed by atoms with van der Waals surface area (Å²) in [7, 11) is 0. The molecule has 2 aliphatic rings. The Hall–Kier alpha value is -0.120. The number of nitrogens with two attached hydrogens (primary N) is 1. The Balaban J connectivity index is 2.03. The Labute approximate surface area is 112 Å². The Morgan fingerprint density at radius 3 is 2.94 bits per heavy atom. The van der Waals surface area contributed by atoms with Crippen molar-refractivity contribution in [1.29, 1.82) is 0 Å². The highest BCUT2D eigenvalue weighted by Gasteiger charge is 2.41. The van der Waals surface area contributed by atoms with Gasteiger partial charge >= 0.3 is 0 Å². The summed E-state index contributed by atoms with van der Waals surface area (Å²) in [5, 5.41) is 0. The molecular formula is C15H30N2O. The lowest BCUT2D eigenvalue weighted by molar-refractivity contribution is -0.0828. The van der Waals surface area contributed by atoms with E-state index in [1.54, 1.807) is 0 Å². The van der Waals surface area contributed by atoms with Crippen molar-refractivity contribution < 1.29 is 4.74 Å². The van der Waals surface area contributed by atoms with E-state index >= 15 is 0 Å². The predicted molar refractivity (Wildman–Crippen MR) is 75.6 cm³/mol. The van der Waals surface area contributed by atoms with E-state index in [0.29, 0.717) is 6.10 Å². The molecule has 0 aromatic heterocycles. The van der Waals surface area contributed by atoms with E-state index in [0.717, 1.165) is 31.9 Å². The Morgan fingerprint density at radius 2 is 2.28 bits per heavy atom. The molecule has 2 fully saturated rings. The highest BCUT2D eigenvalue weighted by atomic mass is 16.5. The van der Waals surface area contributed by atoms with Gasteiger partial charge in [-0.15, -0.1) is 0 Å². The smallest absolute Gasteiger partial charge is 0.0593 e. The fraction of sp³-hybridized carbons (Fsp3) is 1.00. The Bertz CT molecular complexity index is 257. The van der Waals surface area contributed by atoms with Crippen molar-refractivity contribution in [3.05, 3.63) is 0 Å². The van der Waals surface area contributed by atoms with Crippen LogP contribution in [0.25, 0.3) is 0 Å². The van der Waals surface area contributed by atoms with Crippen LogP contribution in [-0.2, 0) is 4.74 Å². The number of rotatable bonds is 4. The van der Waals surface area contributed by atoms with E-state index < -0.39 is 0 Å². The summed E-state index contributed by atoms with van der Waals surface area (Å²) in [6, 6.07) is 0. The fourth-order valence-electron chi connectivity index (χ4n) is 3.73. The van der Waals surface area contributed by atoms with Crippen LogP contribution in [0.15, 0.2) is 0 Å². The third-order valence-corrected chi connectivity index (χ3v) is 4.85. The van der Waals surface area contributed by atoms with Crippen molar-refractivity contribution in [3.63, 3.8) is 0 Å². The summed E-state index contributed by atoms with van der Waals surface area (Å²) in [5.74, 6) is 0.828. The molecule has 2 saturated heterocycles. The van der Waals surface area contributed by atoms with Crippen molar-refractivity contribution in [2.75, 3.05) is 26.2 Å². The molecule has 0 aliphatic carbocycles. The predicted octanol–water partition coefficient (Wildman–Crippen LogP) is 2.39. The molecule has 2 rings (SSSR count). The first-order valence-electron chi connectivity index (χ1n) is 7.77. The van der Waals surface area contributed by atoms with Gasteiger partial charge in [-0.3, -0.25) is 4.90 Å². The number of likely N-dealkylation sites (tertiary alicyclic amines) is 1. The van der Waals surface area contributed by atoms with Crippen molar-refractivity contribution in [1.82, 2.24) is 4.90 Å². The summed E-state index contributed by atoms with van der Waals surface area (Å²) in [6.07, 6.45) is 7.81. The van der Waals surface area contributed by atoms with Crippen LogP contribution in [-0.4, -0.2) is 42.8 Å². The molecular weight excluding hydrogens is 224 g/mol. The van der Waals surface area contributed by atoms with Crippen LogP contribution in [0.5, 0.6) is 0 Å². The molecule has 3 nitrogen and oxygen atoms in total. The van der Waals surface area contributed by atoms with Crippen LogP contribution in [0.3, 0.4) is 0 Å². The first-order chi connectivity index (χ1) is 8.70. The topological polar surface area (TPSA) is 38.5 Å². The number of ether oxygens (including phenoxy) is 1. The van der Waals surface area contributed by atoms with Gasteiger partial charge in [0.05, 0.1) is 6.10 Å². The normalized spacial score (nSPS) is 38.8. The minimum atomic E-state index is 0.229. The van der Waals surface area contributed by atoms with Crippen LogP contribution in [0, 0.1) is 5.92 Å². The second-order valence-electron chi connectivity index (χ2n) is 6.36. The summed E-state index contributed by atoms with van der Waals surface area (Å²) >= 11 is 0. The van der Waals surface area contributed by atoms with Crippen molar-refractivity contribution in [3.8, 4) is 0 Å². The van der Waals surface area contributed by atoms with Crippen LogP contribution < -0.4 is 5.73 Å². The third kappa shape index (κ3) is 3.06. The zero-order valence-corrected chi connectivity index (χ0v) is 12.2. The molecule has 0 radical (unpaired) electrons. The van der Waals surface area contributed by atoms with Crippen molar-refractivity contribution in [2.24, 2.45) is 11.7 Å². The molecule has 3 heteroatoms. The quantitative estimate of drug-likeness (QED) is 0.837. The van der Waals surface area contributed by atoms with E-state index in [9.17, 15) is 0 Å². The van der Waals surface area contributed by atoms with E-state index in [4.69, 9.17) is 10.5 Å². The van der Waals surface area contributed by atoms with E-state index in [2.05, 4.69) is 18.7 Å². The van der Waals surface area contributed by atoms with Crippen LogP contribution >= 0.6 is 0 Å². The maximum Gasteiger partial charge on any atom is 0.0593 e. The maximum atomic E-state index is 6.18. The first kappa shape index (κ1) is 14.3. The second kappa shape index (κ2) is 6.36. The minimum absolute atomic E-state index is 0.229. The molecule has 2 N–H and O–H groups in total. The van der Waals surface area contributed by atoms with Gasteiger partial charge < -0.3 is 10.5 Å². The molecule has 3 unspecified atom stereocenters. The van der Waals surface area contributed by atoms with E-state index in [-0.39, 0.29) is 5.54 Å². The molecule has 0 aromatic carbocycles. The minimum Gasteiger partial charge on any atom is -0.378 e. The average Bonchev–Trinajstić information content (AvgIpc) is 2.39. The van der Waals surface area contributed by atoms with Gasteiger partial charge in [-0.25, -0.2) is 0 Å². The Kier molecular flexibility index (Phi) is 5.05. The largest absolute Gasteiger partial charge is 0.378 e. The molecule has 0 saturated carbocycles. The second-order valence-corrected chi connectivity index (χ2v) is 6.36. The van der Waals surface area contributed by atoms with Gasteiger partial charge in [-0.05, 0) is 44.6 Å². The van der Waals surface area contributed by atoms with Crippen molar-refractivity contribution >= 4 is 0 Å². The Morgan fingerprint density at radius 1 is 1.44 bits per heavy atom. The van der Waals surface area contributed by atoms with Crippen molar-refractivity contribution in [2.45, 2.75) is 64.0 Å². The number of hydrogen-bond donors (Lipinski definition) is 1. The highest BCUT2D eigenvalue weighted by Crippen LogP contribution is 2.34. The number of hydrogen-bond acceptors (Lipinski definition) is 3. The van der Waals surface area contributed by atoms with Gasteiger partial charge in [-0.2, -0.15) is 0 Å². The average molecular weight is 254 g/mol. The maximum absolute atomic E-state index is 6.18. The van der Waals surface area contributed by atoms with Gasteiger partial charge in [0.15, 0.2) is 0 Å². The lowest BCUT2D eigenvalue weighted by Gasteiger charge is -2.50. The van der Waals surface area contributed by atoms with E-state index in [1.165, 1.54) is 38.8 Å². The summed E-state index contributed by atoms with van der Waals surface area (Å²) in [6.45, 7) is 8.77. The van der Waals surface area contributed by atoms with E-state index in [1.807, 2.05) is 0 Å². The SMILES string of the molecule is CCCC1CC(CN)(N2CCCC(C)C2)CCO1. The molecule has 2 heterocycles. The van der Waals surface area contributed by atoms with Gasteiger partial charge in [-0.1, -0.05) is 20.3 Å². The third-order valence-electron chi connectivity index (χ3n) is 4.85. The number of piperidine rings is 1. The monoisotopic (exact) mass is 254 g/mol. The molecule has 18 heavy (non-hydrogen) atoms. The number of nitrogens with zero attached hydrogens (tertiary/aromatic N) is 1. The lowest BCUT2D eigenvalue weighted by atomic mass is 9.81. The zero-order valence-electron chi connectivity index (χ0n) is 12.2. The first-order valence-corrected chi connectivity index (χ1v) is 7.77. The van der Waals surface area contributed by atoms with Gasteiger partial charge in [0, 0.05) is 25.2 Å². The summed E-state index contributed by atoms with van der Waals surface area (Å²) in [4.78, 5) is 2.69. The van der Waals surface area contributed by atoms with Crippen LogP contribution in [0.4, 0.5) is 0 Å². The van der Waals surface area contributed by atoms with Gasteiger partial charge in [0.25, 0.3) is 0 Å². The zero-order chi connectivity index (χ0) is 13.0. The van der Waals surface area contributed by atoms with Crippen LogP contribution in [0.2, 0.25) is 0 Å². The molecule has 0 aromatic rings. The lowest BCUT2D eigenvalue weighted by Crippen LogP contribution is -2.60. The molecule has 0 spiro atoms. The van der Waals surface area contributed by atoms with Gasteiger partial charge in [0.1, 0.15) is 0 Å². The highest BCUT2D eigenvalue weighted by molar-refractivity contribution is 4.97. The molecule has 0 bridgehead atoms. The fourth-order valence-corrected chi connectivity index (χ4v) is 3.73. The molecule has 0 amide bonds.